The van der Waals surface area contributed by atoms with Crippen molar-refractivity contribution in [2.24, 2.45) is 5.73 Å². The Labute approximate surface area is 173 Å². The molecule has 8 nitrogen and oxygen atoms in total. The Morgan fingerprint density at radius 1 is 1.28 bits per heavy atom. The van der Waals surface area contributed by atoms with Gasteiger partial charge in [-0.1, -0.05) is 25.4 Å². The Morgan fingerprint density at radius 3 is 2.66 bits per heavy atom. The molecule has 0 aliphatic carbocycles. The molecule has 0 saturated heterocycles. The number of carbonyl (C=O) groups excluding carboxylic acids is 1. The standard InChI is InChI=1S/C20H24ClN5O3/c1-4-26(5-2)11-12-6-9-17(28-12)29-16-8-7-14(21)13-10-15(24-18(13)16)19(27)25(3)20(22)23/h6-10,24H,4-5,11H2,1-3H3,(H3,22,23). The number of benzene rings is 1. The first-order valence-corrected chi connectivity index (χ1v) is 9.64. The van der Waals surface area contributed by atoms with Gasteiger partial charge in [0.1, 0.15) is 11.5 Å². The number of amides is 1. The van der Waals surface area contributed by atoms with Crippen LogP contribution < -0.4 is 10.5 Å². The van der Waals surface area contributed by atoms with Crippen LogP contribution in [0.5, 0.6) is 11.7 Å². The van der Waals surface area contributed by atoms with Gasteiger partial charge in [-0.15, -0.1) is 0 Å². The van der Waals surface area contributed by atoms with E-state index in [0.29, 0.717) is 34.2 Å². The molecule has 3 rings (SSSR count). The minimum atomic E-state index is -0.449. The Hall–Kier alpha value is -2.97. The monoisotopic (exact) mass is 417 g/mol. The molecule has 2 heterocycles. The molecule has 1 amide bonds. The average Bonchev–Trinajstić information content (AvgIpc) is 3.34. The Kier molecular flexibility index (Phi) is 6.14. The van der Waals surface area contributed by atoms with Crippen molar-refractivity contribution >= 4 is 34.4 Å². The van der Waals surface area contributed by atoms with Gasteiger partial charge in [-0.25, -0.2) is 0 Å². The molecule has 154 valence electrons. The van der Waals surface area contributed by atoms with Gasteiger partial charge in [0.05, 0.1) is 17.1 Å². The van der Waals surface area contributed by atoms with Crippen molar-refractivity contribution in [3.05, 3.63) is 46.8 Å². The van der Waals surface area contributed by atoms with Gasteiger partial charge < -0.3 is 19.9 Å². The number of carbonyl (C=O) groups is 1. The van der Waals surface area contributed by atoms with Crippen LogP contribution in [-0.4, -0.2) is 46.8 Å². The molecule has 0 saturated carbocycles. The summed E-state index contributed by atoms with van der Waals surface area (Å²) >= 11 is 6.29. The lowest BCUT2D eigenvalue weighted by molar-refractivity contribution is 0.0864. The average molecular weight is 418 g/mol. The predicted molar refractivity (Wildman–Crippen MR) is 113 cm³/mol. The third-order valence-corrected chi connectivity index (χ3v) is 5.05. The van der Waals surface area contributed by atoms with E-state index in [0.717, 1.165) is 23.7 Å². The molecule has 29 heavy (non-hydrogen) atoms. The number of hydrogen-bond donors (Lipinski definition) is 3. The molecule has 3 aromatic rings. The second-order valence-corrected chi connectivity index (χ2v) is 6.96. The van der Waals surface area contributed by atoms with Crippen LogP contribution in [0.3, 0.4) is 0 Å². The highest BCUT2D eigenvalue weighted by molar-refractivity contribution is 6.35. The molecular weight excluding hydrogens is 394 g/mol. The van der Waals surface area contributed by atoms with E-state index in [1.807, 2.05) is 6.07 Å². The molecule has 0 fully saturated rings. The summed E-state index contributed by atoms with van der Waals surface area (Å²) in [5.74, 6) is 0.818. The van der Waals surface area contributed by atoms with Crippen molar-refractivity contribution in [1.29, 1.82) is 5.41 Å². The number of rotatable bonds is 7. The molecule has 0 aliphatic heterocycles. The number of furan rings is 1. The highest BCUT2D eigenvalue weighted by Gasteiger charge is 2.19. The molecule has 0 radical (unpaired) electrons. The van der Waals surface area contributed by atoms with E-state index in [2.05, 4.69) is 23.7 Å². The quantitative estimate of drug-likeness (QED) is 0.397. The first kappa shape index (κ1) is 20.8. The van der Waals surface area contributed by atoms with Crippen molar-refractivity contribution in [2.75, 3.05) is 20.1 Å². The van der Waals surface area contributed by atoms with Gasteiger partial charge in [-0.2, -0.15) is 0 Å². The predicted octanol–water partition coefficient (Wildman–Crippen LogP) is 4.01. The van der Waals surface area contributed by atoms with Crippen molar-refractivity contribution < 1.29 is 13.9 Å². The minimum Gasteiger partial charge on any atom is -0.429 e. The van der Waals surface area contributed by atoms with E-state index in [4.69, 9.17) is 31.9 Å². The minimum absolute atomic E-state index is 0.248. The molecule has 4 N–H and O–H groups in total. The maximum absolute atomic E-state index is 12.5. The van der Waals surface area contributed by atoms with Crippen LogP contribution in [0.15, 0.2) is 34.7 Å². The molecule has 0 bridgehead atoms. The molecular formula is C20H24ClN5O3. The van der Waals surface area contributed by atoms with Crippen LogP contribution in [-0.2, 0) is 6.54 Å². The third-order valence-electron chi connectivity index (χ3n) is 4.72. The second-order valence-electron chi connectivity index (χ2n) is 6.55. The number of aromatic amines is 1. The maximum atomic E-state index is 12.5. The molecule has 0 unspecified atom stereocenters. The lowest BCUT2D eigenvalue weighted by atomic mass is 10.2. The number of halogens is 1. The van der Waals surface area contributed by atoms with Gasteiger partial charge >= 0.3 is 0 Å². The number of nitrogens with one attached hydrogen (secondary N) is 2. The van der Waals surface area contributed by atoms with Crippen LogP contribution in [0.25, 0.3) is 10.9 Å². The van der Waals surface area contributed by atoms with E-state index < -0.39 is 5.91 Å². The van der Waals surface area contributed by atoms with E-state index in [9.17, 15) is 4.79 Å². The molecule has 9 heteroatoms. The van der Waals surface area contributed by atoms with Gasteiger partial charge in [0.2, 0.25) is 0 Å². The third kappa shape index (κ3) is 4.38. The van der Waals surface area contributed by atoms with E-state index in [-0.39, 0.29) is 11.7 Å². The summed E-state index contributed by atoms with van der Waals surface area (Å²) in [7, 11) is 1.43. The van der Waals surface area contributed by atoms with Crippen LogP contribution in [0, 0.1) is 5.41 Å². The molecule has 0 aliphatic rings. The second kappa shape index (κ2) is 8.59. The van der Waals surface area contributed by atoms with Gasteiger partial charge in [0, 0.05) is 18.5 Å². The summed E-state index contributed by atoms with van der Waals surface area (Å²) in [6.45, 7) is 6.76. The number of nitrogens with zero attached hydrogens (tertiary/aromatic N) is 2. The number of fused-ring (bicyclic) bond motifs is 1. The molecule has 0 spiro atoms. The maximum Gasteiger partial charge on any atom is 0.290 e. The zero-order valence-corrected chi connectivity index (χ0v) is 17.3. The van der Waals surface area contributed by atoms with Crippen molar-refractivity contribution in [1.82, 2.24) is 14.8 Å². The van der Waals surface area contributed by atoms with Crippen molar-refractivity contribution in [2.45, 2.75) is 20.4 Å². The number of hydrogen-bond acceptors (Lipinski definition) is 5. The smallest absolute Gasteiger partial charge is 0.290 e. The van der Waals surface area contributed by atoms with Gasteiger partial charge in [-0.05, 0) is 37.4 Å². The first-order chi connectivity index (χ1) is 13.8. The van der Waals surface area contributed by atoms with E-state index >= 15 is 0 Å². The Balaban J connectivity index is 1.89. The summed E-state index contributed by atoms with van der Waals surface area (Å²) < 4.78 is 11.7. The van der Waals surface area contributed by atoms with Crippen LogP contribution in [0.2, 0.25) is 5.02 Å². The van der Waals surface area contributed by atoms with Gasteiger partial charge in [0.25, 0.3) is 11.9 Å². The summed E-state index contributed by atoms with van der Waals surface area (Å²) in [4.78, 5) is 18.7. The fourth-order valence-corrected chi connectivity index (χ4v) is 3.14. The highest BCUT2D eigenvalue weighted by Crippen LogP contribution is 2.35. The lowest BCUT2D eigenvalue weighted by Crippen LogP contribution is -2.38. The van der Waals surface area contributed by atoms with E-state index in [1.165, 1.54) is 7.05 Å². The van der Waals surface area contributed by atoms with Gasteiger partial charge in [-0.3, -0.25) is 20.0 Å². The summed E-state index contributed by atoms with van der Waals surface area (Å²) in [6, 6.07) is 8.65. The SMILES string of the molecule is CCN(CC)Cc1ccc(Oc2ccc(Cl)c3cc(C(=O)N(C)C(=N)N)[nH]c23)o1. The number of H-pyrrole nitrogens is 1. The zero-order valence-electron chi connectivity index (χ0n) is 16.6. The number of ether oxygens (including phenoxy) is 1. The highest BCUT2D eigenvalue weighted by atomic mass is 35.5. The largest absolute Gasteiger partial charge is 0.429 e. The number of guanidine groups is 1. The van der Waals surface area contributed by atoms with Gasteiger partial charge in [0.15, 0.2) is 11.7 Å². The number of aromatic nitrogens is 1. The summed E-state index contributed by atoms with van der Waals surface area (Å²) in [5.41, 5.74) is 6.20. The van der Waals surface area contributed by atoms with Crippen molar-refractivity contribution in [3.8, 4) is 11.7 Å². The summed E-state index contributed by atoms with van der Waals surface area (Å²) in [5, 5.41) is 8.52. The van der Waals surface area contributed by atoms with Crippen LogP contribution >= 0.6 is 11.6 Å². The molecule has 0 atom stereocenters. The fourth-order valence-electron chi connectivity index (χ4n) is 2.92. The van der Waals surface area contributed by atoms with Crippen LogP contribution in [0.1, 0.15) is 30.1 Å². The topological polar surface area (TPSA) is 112 Å². The van der Waals surface area contributed by atoms with Crippen molar-refractivity contribution in [3.63, 3.8) is 0 Å². The molecule has 1 aromatic carbocycles. The van der Waals surface area contributed by atoms with E-state index in [1.54, 1.807) is 24.3 Å². The number of nitrogens with two attached hydrogens (primary N) is 1. The van der Waals surface area contributed by atoms with Crippen LogP contribution in [0.4, 0.5) is 0 Å². The Bertz CT molecular complexity index is 1040. The normalized spacial score (nSPS) is 11.2. The Morgan fingerprint density at radius 2 is 2.00 bits per heavy atom. The lowest BCUT2D eigenvalue weighted by Gasteiger charge is -2.15. The molecule has 2 aromatic heterocycles. The zero-order chi connectivity index (χ0) is 21.1. The summed E-state index contributed by atoms with van der Waals surface area (Å²) in [6.07, 6.45) is 0. The fraction of sp³-hybridized carbons (Fsp3) is 0.300. The first-order valence-electron chi connectivity index (χ1n) is 9.26.